The summed E-state index contributed by atoms with van der Waals surface area (Å²) in [6.07, 6.45) is 0.821. The molecule has 0 fully saturated rings. The lowest BCUT2D eigenvalue weighted by Gasteiger charge is -2.13. The third-order valence-corrected chi connectivity index (χ3v) is 3.74. The van der Waals surface area contributed by atoms with Gasteiger partial charge in [-0.05, 0) is 43.5 Å². The Morgan fingerprint density at radius 3 is 2.57 bits per heavy atom. The molecule has 2 rings (SSSR count). The van der Waals surface area contributed by atoms with Gasteiger partial charge in [0.25, 0.3) is 11.5 Å². The quantitative estimate of drug-likeness (QED) is 0.942. The average molecular weight is 284 g/mol. The van der Waals surface area contributed by atoms with Crippen LogP contribution >= 0.6 is 0 Å². The van der Waals surface area contributed by atoms with Crippen molar-refractivity contribution in [2.75, 3.05) is 5.32 Å². The van der Waals surface area contributed by atoms with Crippen molar-refractivity contribution in [3.63, 3.8) is 0 Å². The molecule has 1 amide bonds. The number of hydrogen-bond acceptors (Lipinski definition) is 2. The van der Waals surface area contributed by atoms with Gasteiger partial charge in [0, 0.05) is 18.4 Å². The average Bonchev–Trinajstić information content (AvgIpc) is 2.45. The molecule has 0 aliphatic rings. The first-order chi connectivity index (χ1) is 9.95. The van der Waals surface area contributed by atoms with E-state index in [1.54, 1.807) is 14.0 Å². The van der Waals surface area contributed by atoms with Crippen LogP contribution in [0.3, 0.4) is 0 Å². The number of amides is 1. The van der Waals surface area contributed by atoms with Crippen molar-refractivity contribution in [2.24, 2.45) is 7.05 Å². The van der Waals surface area contributed by atoms with Gasteiger partial charge in [-0.3, -0.25) is 9.59 Å². The van der Waals surface area contributed by atoms with E-state index in [0.29, 0.717) is 5.56 Å². The molecule has 21 heavy (non-hydrogen) atoms. The van der Waals surface area contributed by atoms with Crippen LogP contribution in [0.1, 0.15) is 34.1 Å². The first-order valence-electron chi connectivity index (χ1n) is 7.02. The van der Waals surface area contributed by atoms with Crippen LogP contribution in [0.15, 0.2) is 35.1 Å². The zero-order valence-electron chi connectivity index (χ0n) is 12.9. The highest BCUT2D eigenvalue weighted by atomic mass is 16.2. The Morgan fingerprint density at radius 2 is 1.90 bits per heavy atom. The number of benzene rings is 1. The highest BCUT2D eigenvalue weighted by Gasteiger charge is 2.17. The van der Waals surface area contributed by atoms with Gasteiger partial charge in [-0.1, -0.05) is 25.1 Å². The third-order valence-electron chi connectivity index (χ3n) is 3.74. The van der Waals surface area contributed by atoms with Crippen molar-refractivity contribution in [3.8, 4) is 0 Å². The van der Waals surface area contributed by atoms with Crippen LogP contribution in [-0.2, 0) is 13.5 Å². The molecule has 0 aliphatic heterocycles. The third kappa shape index (κ3) is 2.89. The molecule has 0 saturated heterocycles. The lowest BCUT2D eigenvalue weighted by atomic mass is 10.1. The zero-order chi connectivity index (χ0) is 15.6. The van der Waals surface area contributed by atoms with Gasteiger partial charge in [0.15, 0.2) is 0 Å². The van der Waals surface area contributed by atoms with Gasteiger partial charge in [0.1, 0.15) is 5.56 Å². The molecule has 4 nitrogen and oxygen atoms in total. The lowest BCUT2D eigenvalue weighted by molar-refractivity contribution is 0.102. The second-order valence-electron chi connectivity index (χ2n) is 5.17. The van der Waals surface area contributed by atoms with E-state index in [1.165, 1.54) is 4.57 Å². The Hall–Kier alpha value is -2.36. The number of para-hydroxylation sites is 1. The molecule has 110 valence electrons. The molecule has 4 heteroatoms. The second kappa shape index (κ2) is 5.95. The minimum atomic E-state index is -0.353. The van der Waals surface area contributed by atoms with Crippen molar-refractivity contribution >= 4 is 11.6 Å². The molecule has 1 aromatic carbocycles. The summed E-state index contributed by atoms with van der Waals surface area (Å²) in [5.41, 5.74) is 3.28. The van der Waals surface area contributed by atoms with Gasteiger partial charge in [0.2, 0.25) is 0 Å². The summed E-state index contributed by atoms with van der Waals surface area (Å²) in [6, 6.07) is 9.47. The monoisotopic (exact) mass is 284 g/mol. The number of carbonyl (C=O) groups is 1. The number of nitrogens with one attached hydrogen (secondary N) is 1. The van der Waals surface area contributed by atoms with Crippen LogP contribution in [0.5, 0.6) is 0 Å². The number of hydrogen-bond donors (Lipinski definition) is 1. The van der Waals surface area contributed by atoms with E-state index in [2.05, 4.69) is 5.32 Å². The van der Waals surface area contributed by atoms with E-state index in [9.17, 15) is 9.59 Å². The molecule has 2 aromatic rings. The van der Waals surface area contributed by atoms with E-state index >= 15 is 0 Å². The van der Waals surface area contributed by atoms with Gasteiger partial charge in [-0.25, -0.2) is 0 Å². The smallest absolute Gasteiger partial charge is 0.263 e. The molecule has 1 aromatic heterocycles. The van der Waals surface area contributed by atoms with Crippen LogP contribution in [-0.4, -0.2) is 10.5 Å². The molecule has 0 radical (unpaired) electrons. The Labute approximate surface area is 124 Å². The maximum Gasteiger partial charge on any atom is 0.263 e. The molecule has 1 N–H and O–H groups in total. The number of anilines is 1. The maximum atomic E-state index is 12.5. The molecule has 0 aliphatic carbocycles. The Bertz CT molecular complexity index is 745. The number of carbonyl (C=O) groups excluding carboxylic acids is 1. The van der Waals surface area contributed by atoms with Gasteiger partial charge < -0.3 is 9.88 Å². The van der Waals surface area contributed by atoms with Crippen molar-refractivity contribution in [2.45, 2.75) is 27.2 Å². The number of rotatable bonds is 3. The number of nitrogens with zero attached hydrogens (tertiary/aromatic N) is 1. The molecule has 1 heterocycles. The maximum absolute atomic E-state index is 12.5. The summed E-state index contributed by atoms with van der Waals surface area (Å²) in [6.45, 7) is 5.67. The van der Waals surface area contributed by atoms with Crippen LogP contribution < -0.4 is 10.9 Å². The Kier molecular flexibility index (Phi) is 4.26. The van der Waals surface area contributed by atoms with E-state index in [-0.39, 0.29) is 17.0 Å². The molecular formula is C17H20N2O2. The fourth-order valence-electron chi connectivity index (χ4n) is 2.39. The van der Waals surface area contributed by atoms with E-state index in [1.807, 2.05) is 44.2 Å². The van der Waals surface area contributed by atoms with Crippen LogP contribution in [0, 0.1) is 13.8 Å². The molecule has 0 unspecified atom stereocenters. The number of aryl methyl sites for hydroxylation is 3. The summed E-state index contributed by atoms with van der Waals surface area (Å²) in [5, 5.41) is 2.85. The number of pyridine rings is 1. The lowest BCUT2D eigenvalue weighted by Crippen LogP contribution is -2.30. The predicted molar refractivity (Wildman–Crippen MR) is 84.9 cm³/mol. The molecule has 0 spiro atoms. The minimum absolute atomic E-state index is 0.203. The van der Waals surface area contributed by atoms with Crippen LogP contribution in [0.2, 0.25) is 0 Å². The first kappa shape index (κ1) is 15.0. The summed E-state index contributed by atoms with van der Waals surface area (Å²) in [4.78, 5) is 24.8. The van der Waals surface area contributed by atoms with Crippen molar-refractivity contribution in [3.05, 3.63) is 63.1 Å². The predicted octanol–water partition coefficient (Wildman–Crippen LogP) is 2.82. The Balaban J connectivity index is 2.42. The summed E-state index contributed by atoms with van der Waals surface area (Å²) in [5.74, 6) is -0.353. The summed E-state index contributed by atoms with van der Waals surface area (Å²) in [7, 11) is 1.67. The topological polar surface area (TPSA) is 51.1 Å². The Morgan fingerprint density at radius 1 is 1.24 bits per heavy atom. The second-order valence-corrected chi connectivity index (χ2v) is 5.17. The zero-order valence-corrected chi connectivity index (χ0v) is 12.9. The molecule has 0 atom stereocenters. The van der Waals surface area contributed by atoms with Gasteiger partial charge in [0.05, 0.1) is 0 Å². The normalized spacial score (nSPS) is 10.5. The largest absolute Gasteiger partial charge is 0.322 e. The molecule has 0 saturated carbocycles. The van der Waals surface area contributed by atoms with Crippen LogP contribution in [0.25, 0.3) is 0 Å². The first-order valence-corrected chi connectivity index (χ1v) is 7.02. The van der Waals surface area contributed by atoms with E-state index in [0.717, 1.165) is 23.4 Å². The van der Waals surface area contributed by atoms with Crippen molar-refractivity contribution < 1.29 is 4.79 Å². The minimum Gasteiger partial charge on any atom is -0.322 e. The van der Waals surface area contributed by atoms with Gasteiger partial charge in [-0.2, -0.15) is 0 Å². The fraction of sp³-hybridized carbons (Fsp3) is 0.294. The fourth-order valence-corrected chi connectivity index (χ4v) is 2.39. The van der Waals surface area contributed by atoms with Crippen molar-refractivity contribution in [1.82, 2.24) is 4.57 Å². The SMILES string of the molecule is CCc1ccccc1NC(=O)c1c(C)cc(C)n(C)c1=O. The summed E-state index contributed by atoms with van der Waals surface area (Å²) < 4.78 is 1.49. The van der Waals surface area contributed by atoms with Gasteiger partial charge >= 0.3 is 0 Å². The van der Waals surface area contributed by atoms with Crippen LogP contribution in [0.4, 0.5) is 5.69 Å². The highest BCUT2D eigenvalue weighted by Crippen LogP contribution is 2.17. The highest BCUT2D eigenvalue weighted by molar-refractivity contribution is 6.05. The standard InChI is InChI=1S/C17H20N2O2/c1-5-13-8-6-7-9-14(13)18-16(20)15-11(2)10-12(3)19(4)17(15)21/h6-10H,5H2,1-4H3,(H,18,20). The van der Waals surface area contributed by atoms with Crippen molar-refractivity contribution in [1.29, 1.82) is 0 Å². The summed E-state index contributed by atoms with van der Waals surface area (Å²) >= 11 is 0. The van der Waals surface area contributed by atoms with Gasteiger partial charge in [-0.15, -0.1) is 0 Å². The number of aromatic nitrogens is 1. The van der Waals surface area contributed by atoms with E-state index in [4.69, 9.17) is 0 Å². The molecular weight excluding hydrogens is 264 g/mol. The molecule has 0 bridgehead atoms. The van der Waals surface area contributed by atoms with E-state index < -0.39 is 0 Å².